The number of anilines is 1. The van der Waals surface area contributed by atoms with Crippen molar-refractivity contribution in [2.75, 3.05) is 5.32 Å². The topological polar surface area (TPSA) is 12.0 Å². The predicted molar refractivity (Wildman–Crippen MR) is 94.8 cm³/mol. The molecule has 2 heterocycles. The number of hydrogen-bond donors (Lipinski definition) is 1. The summed E-state index contributed by atoms with van der Waals surface area (Å²) in [5.41, 5.74) is 2.26. The summed E-state index contributed by atoms with van der Waals surface area (Å²) in [6.45, 7) is 2.26. The first-order chi connectivity index (χ1) is 9.56. The van der Waals surface area contributed by atoms with Gasteiger partial charge >= 0.3 is 0 Å². The summed E-state index contributed by atoms with van der Waals surface area (Å²) in [6.07, 6.45) is 1.08. The van der Waals surface area contributed by atoms with Crippen molar-refractivity contribution in [2.24, 2.45) is 0 Å². The zero-order valence-electron chi connectivity index (χ0n) is 10.6. The van der Waals surface area contributed by atoms with Crippen LogP contribution in [0, 0.1) is 0 Å². The van der Waals surface area contributed by atoms with E-state index in [1.807, 2.05) is 35.2 Å². The number of hydrogen-bond acceptors (Lipinski definition) is 3. The van der Waals surface area contributed by atoms with Crippen molar-refractivity contribution in [3.05, 3.63) is 43.7 Å². The van der Waals surface area contributed by atoms with Crippen LogP contribution in [0.5, 0.6) is 0 Å². The molecule has 0 spiro atoms. The van der Waals surface area contributed by atoms with Gasteiger partial charge in [0.2, 0.25) is 0 Å². The second-order valence-corrected chi connectivity index (χ2v) is 8.98. The molecule has 1 aromatic carbocycles. The number of benzene rings is 1. The quantitative estimate of drug-likeness (QED) is 0.545. The SMILES string of the molecule is C[C@H]1CC(Nc2ccc(Br)c(Cl)c2Cl)c2ccsc2S1. The van der Waals surface area contributed by atoms with Gasteiger partial charge in [0.15, 0.2) is 0 Å². The average Bonchev–Trinajstić information content (AvgIpc) is 2.87. The molecular formula is C14H12BrCl2NS2. The molecule has 1 aromatic heterocycles. The highest BCUT2D eigenvalue weighted by Crippen LogP contribution is 2.46. The van der Waals surface area contributed by atoms with Gasteiger partial charge in [-0.3, -0.25) is 0 Å². The van der Waals surface area contributed by atoms with Crippen LogP contribution in [0.1, 0.15) is 24.9 Å². The molecule has 1 N–H and O–H groups in total. The first kappa shape index (κ1) is 15.0. The van der Waals surface area contributed by atoms with Gasteiger partial charge in [0.05, 0.1) is 26.0 Å². The van der Waals surface area contributed by atoms with Gasteiger partial charge in [0.25, 0.3) is 0 Å². The van der Waals surface area contributed by atoms with Gasteiger partial charge in [-0.25, -0.2) is 0 Å². The van der Waals surface area contributed by atoms with Crippen LogP contribution in [-0.4, -0.2) is 5.25 Å². The monoisotopic (exact) mass is 407 g/mol. The Kier molecular flexibility index (Phi) is 4.58. The summed E-state index contributed by atoms with van der Waals surface area (Å²) in [5, 5.41) is 7.43. The standard InChI is InChI=1S/C14H12BrCl2NS2/c1-7-6-11(8-4-5-19-14(8)20-7)18-10-3-2-9(15)12(16)13(10)17/h2-5,7,11,18H,6H2,1H3/t7-,11?/m0/s1. The number of thiophene rings is 1. The van der Waals surface area contributed by atoms with Crippen molar-refractivity contribution in [1.82, 2.24) is 0 Å². The third-order valence-corrected chi connectivity index (χ3v) is 7.39. The maximum absolute atomic E-state index is 6.33. The molecule has 2 atom stereocenters. The highest BCUT2D eigenvalue weighted by molar-refractivity contribution is 9.10. The second-order valence-electron chi connectivity index (χ2n) is 4.75. The van der Waals surface area contributed by atoms with Gasteiger partial charge in [0, 0.05) is 9.72 Å². The van der Waals surface area contributed by atoms with Crippen molar-refractivity contribution in [1.29, 1.82) is 0 Å². The van der Waals surface area contributed by atoms with E-state index in [9.17, 15) is 0 Å². The number of thioether (sulfide) groups is 1. The van der Waals surface area contributed by atoms with Crippen LogP contribution in [0.3, 0.4) is 0 Å². The Morgan fingerprint density at radius 3 is 2.85 bits per heavy atom. The normalized spacial score (nSPS) is 21.6. The van der Waals surface area contributed by atoms with Crippen molar-refractivity contribution >= 4 is 67.9 Å². The molecule has 0 saturated carbocycles. The fourth-order valence-electron chi connectivity index (χ4n) is 2.31. The number of rotatable bonds is 2. The summed E-state index contributed by atoms with van der Waals surface area (Å²) in [4.78, 5) is 0. The lowest BCUT2D eigenvalue weighted by Crippen LogP contribution is -2.19. The van der Waals surface area contributed by atoms with E-state index >= 15 is 0 Å². The van der Waals surface area contributed by atoms with Crippen LogP contribution < -0.4 is 5.32 Å². The highest BCUT2D eigenvalue weighted by Gasteiger charge is 2.26. The van der Waals surface area contributed by atoms with Crippen LogP contribution in [0.15, 0.2) is 32.3 Å². The molecule has 0 radical (unpaired) electrons. The summed E-state index contributed by atoms with van der Waals surface area (Å²) in [7, 11) is 0. The van der Waals surface area contributed by atoms with Gasteiger partial charge < -0.3 is 5.32 Å². The Labute approximate surface area is 145 Å². The lowest BCUT2D eigenvalue weighted by atomic mass is 10.0. The third-order valence-electron chi connectivity index (χ3n) is 3.27. The molecule has 1 aliphatic rings. The van der Waals surface area contributed by atoms with Crippen LogP contribution >= 0.6 is 62.2 Å². The molecule has 0 saturated heterocycles. The minimum absolute atomic E-state index is 0.294. The Morgan fingerprint density at radius 1 is 1.25 bits per heavy atom. The molecule has 106 valence electrons. The van der Waals surface area contributed by atoms with Crippen molar-refractivity contribution < 1.29 is 0 Å². The Bertz CT molecular complexity index is 644. The Morgan fingerprint density at radius 2 is 2.05 bits per heavy atom. The molecule has 0 bridgehead atoms. The molecule has 3 rings (SSSR count). The predicted octanol–water partition coefficient (Wildman–Crippen LogP) is 6.85. The molecule has 6 heteroatoms. The maximum atomic E-state index is 6.33. The van der Waals surface area contributed by atoms with Gasteiger partial charge in [-0.05, 0) is 51.5 Å². The summed E-state index contributed by atoms with van der Waals surface area (Å²) in [6, 6.07) is 6.38. The highest BCUT2D eigenvalue weighted by atomic mass is 79.9. The van der Waals surface area contributed by atoms with E-state index in [1.165, 1.54) is 9.77 Å². The maximum Gasteiger partial charge on any atom is 0.0835 e. The Balaban J connectivity index is 1.91. The lowest BCUT2D eigenvalue weighted by molar-refractivity contribution is 0.670. The first-order valence-electron chi connectivity index (χ1n) is 6.20. The second kappa shape index (κ2) is 6.09. The van der Waals surface area contributed by atoms with Crippen LogP contribution in [0.2, 0.25) is 10.0 Å². The zero-order valence-corrected chi connectivity index (χ0v) is 15.4. The van der Waals surface area contributed by atoms with Crippen molar-refractivity contribution in [3.8, 4) is 0 Å². The molecular weight excluding hydrogens is 397 g/mol. The van der Waals surface area contributed by atoms with Gasteiger partial charge in [-0.1, -0.05) is 30.1 Å². The van der Waals surface area contributed by atoms with Gasteiger partial charge in [0.1, 0.15) is 0 Å². The average molecular weight is 409 g/mol. The van der Waals surface area contributed by atoms with E-state index < -0.39 is 0 Å². The minimum atomic E-state index is 0.294. The molecule has 1 unspecified atom stereocenters. The van der Waals surface area contributed by atoms with E-state index in [0.29, 0.717) is 21.3 Å². The van der Waals surface area contributed by atoms with Crippen molar-refractivity contribution in [2.45, 2.75) is 28.8 Å². The molecule has 2 aromatic rings. The van der Waals surface area contributed by atoms with Crippen LogP contribution in [0.25, 0.3) is 0 Å². The summed E-state index contributed by atoms with van der Waals surface area (Å²) >= 11 is 19.7. The fraction of sp³-hybridized carbons (Fsp3) is 0.286. The molecule has 0 amide bonds. The lowest BCUT2D eigenvalue weighted by Gasteiger charge is -2.28. The van der Waals surface area contributed by atoms with E-state index in [0.717, 1.165) is 16.6 Å². The smallest absolute Gasteiger partial charge is 0.0835 e. The van der Waals surface area contributed by atoms with Gasteiger partial charge in [-0.15, -0.1) is 23.1 Å². The molecule has 0 fully saturated rings. The molecule has 1 nitrogen and oxygen atoms in total. The first-order valence-corrected chi connectivity index (χ1v) is 9.51. The van der Waals surface area contributed by atoms with Crippen LogP contribution in [-0.2, 0) is 0 Å². The van der Waals surface area contributed by atoms with E-state index in [1.54, 1.807) is 0 Å². The van der Waals surface area contributed by atoms with E-state index in [2.05, 4.69) is 39.6 Å². The minimum Gasteiger partial charge on any atom is -0.377 e. The zero-order chi connectivity index (χ0) is 14.3. The van der Waals surface area contributed by atoms with E-state index in [4.69, 9.17) is 23.2 Å². The fourth-order valence-corrected chi connectivity index (χ4v) is 5.71. The van der Waals surface area contributed by atoms with Crippen molar-refractivity contribution in [3.63, 3.8) is 0 Å². The summed E-state index contributed by atoms with van der Waals surface area (Å²) in [5.74, 6) is 0. The number of nitrogens with one attached hydrogen (secondary N) is 1. The number of halogens is 3. The van der Waals surface area contributed by atoms with Crippen LogP contribution in [0.4, 0.5) is 5.69 Å². The molecule has 1 aliphatic heterocycles. The number of fused-ring (bicyclic) bond motifs is 1. The van der Waals surface area contributed by atoms with Gasteiger partial charge in [-0.2, -0.15) is 0 Å². The molecule has 0 aliphatic carbocycles. The molecule has 20 heavy (non-hydrogen) atoms. The Hall–Kier alpha value is 0.130. The largest absolute Gasteiger partial charge is 0.377 e. The third kappa shape index (κ3) is 2.86. The van der Waals surface area contributed by atoms with E-state index in [-0.39, 0.29) is 0 Å². The summed E-state index contributed by atoms with van der Waals surface area (Å²) < 4.78 is 2.22.